The summed E-state index contributed by atoms with van der Waals surface area (Å²) in [6, 6.07) is 24.7. The van der Waals surface area contributed by atoms with E-state index in [0.717, 1.165) is 5.56 Å². The first-order valence-corrected chi connectivity index (χ1v) is 14.0. The fourth-order valence-electron chi connectivity index (χ4n) is 5.34. The van der Waals surface area contributed by atoms with Crippen molar-refractivity contribution in [2.24, 2.45) is 5.92 Å². The van der Waals surface area contributed by atoms with Crippen molar-refractivity contribution in [3.8, 4) is 5.75 Å². The Morgan fingerprint density at radius 1 is 0.841 bits per heavy atom. The predicted molar refractivity (Wildman–Crippen MR) is 158 cm³/mol. The molecule has 0 aliphatic carbocycles. The van der Waals surface area contributed by atoms with Gasteiger partial charge >= 0.3 is 5.97 Å². The van der Waals surface area contributed by atoms with Crippen molar-refractivity contribution >= 4 is 23.5 Å². The molecule has 44 heavy (non-hydrogen) atoms. The number of halogens is 2. The van der Waals surface area contributed by atoms with Gasteiger partial charge in [0.2, 0.25) is 5.91 Å². The highest BCUT2D eigenvalue weighted by molar-refractivity contribution is 6.03. The smallest absolute Gasteiger partial charge is 0.330 e. The molecule has 4 unspecified atom stereocenters. The SMILES string of the molecule is O=C(COc1ccc(C2C(CCC(O)c3ccc(F)cc3)C(=O)N2c2ccc(F)cc2)cc1)NC(C(=O)O)c1ccccc1. The van der Waals surface area contributed by atoms with Crippen molar-refractivity contribution in [2.75, 3.05) is 11.5 Å². The minimum Gasteiger partial charge on any atom is -0.484 e. The van der Waals surface area contributed by atoms with Crippen molar-refractivity contribution in [3.05, 3.63) is 131 Å². The van der Waals surface area contributed by atoms with Gasteiger partial charge < -0.3 is 25.2 Å². The fraction of sp³-hybridized carbons (Fsp3) is 0.206. The number of aliphatic carboxylic acids is 1. The van der Waals surface area contributed by atoms with Gasteiger partial charge in [-0.25, -0.2) is 13.6 Å². The number of aliphatic hydroxyl groups is 1. The molecule has 4 aromatic rings. The van der Waals surface area contributed by atoms with E-state index in [0.29, 0.717) is 29.0 Å². The number of carboxylic acid groups (broad SMARTS) is 1. The van der Waals surface area contributed by atoms with Gasteiger partial charge in [0.15, 0.2) is 12.6 Å². The minimum absolute atomic E-state index is 0.170. The second-order valence-electron chi connectivity index (χ2n) is 10.5. The standard InChI is InChI=1S/C34H30F2N2O6/c35-24-10-6-21(7-11-24)29(39)19-18-28-32(38(33(28)41)26-14-12-25(36)13-15-26)23-8-16-27(17-9-23)44-20-30(40)37-31(34(42)43)22-4-2-1-3-5-22/h1-17,28-29,31-32,39H,18-20H2,(H,37,40)(H,42,43). The average Bonchev–Trinajstić information content (AvgIpc) is 3.03. The van der Waals surface area contributed by atoms with Gasteiger partial charge in [-0.15, -0.1) is 0 Å². The molecule has 3 N–H and O–H groups in total. The van der Waals surface area contributed by atoms with Crippen LogP contribution in [0.3, 0.4) is 0 Å². The number of carbonyl (C=O) groups is 3. The van der Waals surface area contributed by atoms with E-state index in [1.54, 1.807) is 59.5 Å². The van der Waals surface area contributed by atoms with Crippen LogP contribution in [0, 0.1) is 17.6 Å². The lowest BCUT2D eigenvalue weighted by Gasteiger charge is -2.48. The quantitative estimate of drug-likeness (QED) is 0.185. The van der Waals surface area contributed by atoms with Gasteiger partial charge in [0.25, 0.3) is 5.91 Å². The summed E-state index contributed by atoms with van der Waals surface area (Å²) >= 11 is 0. The highest BCUT2D eigenvalue weighted by Crippen LogP contribution is 2.46. The molecule has 0 radical (unpaired) electrons. The van der Waals surface area contributed by atoms with E-state index in [2.05, 4.69) is 5.32 Å². The minimum atomic E-state index is -1.22. The summed E-state index contributed by atoms with van der Waals surface area (Å²) in [6.45, 7) is -0.413. The van der Waals surface area contributed by atoms with Crippen LogP contribution in [0.2, 0.25) is 0 Å². The number of hydrogen-bond acceptors (Lipinski definition) is 5. The van der Waals surface area contributed by atoms with Crippen LogP contribution in [0.5, 0.6) is 5.75 Å². The monoisotopic (exact) mass is 600 g/mol. The van der Waals surface area contributed by atoms with E-state index in [-0.39, 0.29) is 12.3 Å². The van der Waals surface area contributed by atoms with Crippen LogP contribution in [0.4, 0.5) is 14.5 Å². The van der Waals surface area contributed by atoms with Crippen LogP contribution in [0.1, 0.15) is 47.7 Å². The van der Waals surface area contributed by atoms with Gasteiger partial charge in [-0.2, -0.15) is 0 Å². The molecule has 1 heterocycles. The molecule has 0 aromatic heterocycles. The molecular formula is C34H30F2N2O6. The molecule has 8 nitrogen and oxygen atoms in total. The van der Waals surface area contributed by atoms with Gasteiger partial charge in [0, 0.05) is 5.69 Å². The van der Waals surface area contributed by atoms with E-state index < -0.39 is 54.2 Å². The largest absolute Gasteiger partial charge is 0.484 e. The number of ether oxygens (including phenoxy) is 1. The van der Waals surface area contributed by atoms with Crippen molar-refractivity contribution in [1.29, 1.82) is 0 Å². The first kappa shape index (κ1) is 30.4. The van der Waals surface area contributed by atoms with Gasteiger partial charge in [-0.3, -0.25) is 9.59 Å². The molecule has 4 atom stereocenters. The third-order valence-corrected chi connectivity index (χ3v) is 7.60. The number of carboxylic acids is 1. The lowest BCUT2D eigenvalue weighted by atomic mass is 9.78. The second-order valence-corrected chi connectivity index (χ2v) is 10.5. The Bertz CT molecular complexity index is 1600. The molecule has 0 saturated carbocycles. The van der Waals surface area contributed by atoms with E-state index in [1.165, 1.54) is 48.5 Å². The molecule has 0 spiro atoms. The number of nitrogens with zero attached hydrogens (tertiary/aromatic N) is 1. The van der Waals surface area contributed by atoms with Gasteiger partial charge in [-0.1, -0.05) is 54.6 Å². The Labute approximate surface area is 252 Å². The number of benzene rings is 4. The lowest BCUT2D eigenvalue weighted by Crippen LogP contribution is -2.55. The van der Waals surface area contributed by atoms with Crippen LogP contribution in [-0.4, -0.2) is 34.6 Å². The topological polar surface area (TPSA) is 116 Å². The highest BCUT2D eigenvalue weighted by atomic mass is 19.1. The number of carbonyl (C=O) groups excluding carboxylic acids is 2. The Morgan fingerprint density at radius 3 is 2.07 bits per heavy atom. The molecular weight excluding hydrogens is 570 g/mol. The van der Waals surface area contributed by atoms with Crippen LogP contribution in [-0.2, 0) is 14.4 Å². The number of nitrogens with one attached hydrogen (secondary N) is 1. The fourth-order valence-corrected chi connectivity index (χ4v) is 5.34. The van der Waals surface area contributed by atoms with Gasteiger partial charge in [-0.05, 0) is 78.1 Å². The Morgan fingerprint density at radius 2 is 1.45 bits per heavy atom. The van der Waals surface area contributed by atoms with Gasteiger partial charge in [0.1, 0.15) is 17.4 Å². The molecule has 1 aliphatic rings. The van der Waals surface area contributed by atoms with Crippen molar-refractivity contribution in [3.63, 3.8) is 0 Å². The number of anilines is 1. The van der Waals surface area contributed by atoms with Crippen molar-refractivity contribution in [2.45, 2.75) is 31.0 Å². The number of β-lactam (4-membered cyclic amide) rings is 1. The number of aliphatic hydroxyl groups excluding tert-OH is 1. The average molecular weight is 601 g/mol. The maximum atomic E-state index is 13.6. The normalized spacial score (nSPS) is 17.3. The third-order valence-electron chi connectivity index (χ3n) is 7.60. The maximum absolute atomic E-state index is 13.6. The zero-order valence-electron chi connectivity index (χ0n) is 23.5. The highest BCUT2D eigenvalue weighted by Gasteiger charge is 2.48. The van der Waals surface area contributed by atoms with E-state index in [1.807, 2.05) is 0 Å². The van der Waals surface area contributed by atoms with Crippen molar-refractivity contribution < 1.29 is 38.1 Å². The van der Waals surface area contributed by atoms with E-state index in [9.17, 15) is 33.4 Å². The molecule has 1 aliphatic heterocycles. The van der Waals surface area contributed by atoms with Crippen LogP contribution in [0.15, 0.2) is 103 Å². The van der Waals surface area contributed by atoms with Crippen LogP contribution in [0.25, 0.3) is 0 Å². The molecule has 226 valence electrons. The van der Waals surface area contributed by atoms with Crippen molar-refractivity contribution in [1.82, 2.24) is 5.32 Å². The Hall–Kier alpha value is -5.09. The molecule has 4 aromatic carbocycles. The lowest BCUT2D eigenvalue weighted by molar-refractivity contribution is -0.142. The Balaban J connectivity index is 1.26. The van der Waals surface area contributed by atoms with Crippen LogP contribution >= 0.6 is 0 Å². The van der Waals surface area contributed by atoms with Crippen LogP contribution < -0.4 is 15.0 Å². The predicted octanol–water partition coefficient (Wildman–Crippen LogP) is 5.50. The first-order valence-electron chi connectivity index (χ1n) is 14.0. The molecule has 5 rings (SSSR count). The summed E-state index contributed by atoms with van der Waals surface area (Å²) < 4.78 is 32.5. The molecule has 2 amide bonds. The Kier molecular flexibility index (Phi) is 9.30. The number of amides is 2. The summed E-state index contributed by atoms with van der Waals surface area (Å²) in [5.74, 6) is -2.93. The van der Waals surface area contributed by atoms with E-state index >= 15 is 0 Å². The summed E-state index contributed by atoms with van der Waals surface area (Å²) in [6.07, 6.45) is -0.259. The molecule has 10 heteroatoms. The summed E-state index contributed by atoms with van der Waals surface area (Å²) in [7, 11) is 0. The molecule has 1 fully saturated rings. The number of rotatable bonds is 12. The van der Waals surface area contributed by atoms with Gasteiger partial charge in [0.05, 0.1) is 18.1 Å². The second kappa shape index (κ2) is 13.5. The summed E-state index contributed by atoms with van der Waals surface area (Å²) in [5.41, 5.74) is 2.27. The molecule has 1 saturated heterocycles. The first-order chi connectivity index (χ1) is 21.2. The summed E-state index contributed by atoms with van der Waals surface area (Å²) in [5, 5.41) is 22.6. The number of hydrogen-bond donors (Lipinski definition) is 3. The summed E-state index contributed by atoms with van der Waals surface area (Å²) in [4.78, 5) is 39.0. The maximum Gasteiger partial charge on any atom is 0.330 e. The zero-order chi connectivity index (χ0) is 31.2. The zero-order valence-corrected chi connectivity index (χ0v) is 23.5. The molecule has 0 bridgehead atoms. The van der Waals surface area contributed by atoms with E-state index in [4.69, 9.17) is 4.74 Å². The third kappa shape index (κ3) is 6.92.